The molecule has 0 saturated carbocycles. The fourth-order valence-corrected chi connectivity index (χ4v) is 2.51. The number of para-hydroxylation sites is 2. The van der Waals surface area contributed by atoms with Crippen LogP contribution >= 0.6 is 0 Å². The molecule has 0 aliphatic rings. The van der Waals surface area contributed by atoms with Gasteiger partial charge in [-0.1, -0.05) is 30.3 Å². The van der Waals surface area contributed by atoms with Crippen molar-refractivity contribution < 1.29 is 17.9 Å². The summed E-state index contributed by atoms with van der Waals surface area (Å²) in [6.07, 6.45) is -2.99. The Labute approximate surface area is 154 Å². The van der Waals surface area contributed by atoms with Crippen molar-refractivity contribution >= 4 is 17.5 Å². The molecule has 2 N–H and O–H groups in total. The Bertz CT molecular complexity index is 915. The van der Waals surface area contributed by atoms with E-state index in [-0.39, 0.29) is 17.5 Å². The Morgan fingerprint density at radius 3 is 2.52 bits per heavy atom. The van der Waals surface area contributed by atoms with Gasteiger partial charge in [0, 0.05) is 18.3 Å². The second kappa shape index (κ2) is 7.94. The van der Waals surface area contributed by atoms with Gasteiger partial charge in [0.25, 0.3) is 0 Å². The summed E-state index contributed by atoms with van der Waals surface area (Å²) < 4.78 is 44.6. The molecule has 2 aromatic carbocycles. The lowest BCUT2D eigenvalue weighted by molar-refractivity contribution is -0.136. The number of nitrogens with one attached hydrogen (secondary N) is 2. The zero-order valence-corrected chi connectivity index (χ0v) is 14.4. The van der Waals surface area contributed by atoms with Crippen molar-refractivity contribution in [2.75, 3.05) is 17.7 Å². The van der Waals surface area contributed by atoms with Gasteiger partial charge >= 0.3 is 6.18 Å². The zero-order chi connectivity index (χ0) is 19.3. The van der Waals surface area contributed by atoms with Crippen LogP contribution in [0.5, 0.6) is 5.75 Å². The molecule has 0 fully saturated rings. The molecule has 8 heteroatoms. The number of aromatic nitrogens is 2. The summed E-state index contributed by atoms with van der Waals surface area (Å²) in [5.74, 6) is 1.26. The maximum atomic E-state index is 13.1. The third-order valence-corrected chi connectivity index (χ3v) is 3.78. The van der Waals surface area contributed by atoms with Crippen molar-refractivity contribution in [2.45, 2.75) is 12.7 Å². The molecule has 3 rings (SSSR count). The minimum atomic E-state index is -4.46. The van der Waals surface area contributed by atoms with Gasteiger partial charge in [-0.05, 0) is 24.3 Å². The standard InChI is InChI=1S/C19H17F3N4O/c1-27-16-9-5-2-6-13(16)12-24-18-23-11-10-17(26-18)25-15-8-4-3-7-14(15)19(20,21)22/h2-11H,12H2,1H3,(H2,23,24,25,26). The van der Waals surface area contributed by atoms with Gasteiger partial charge in [-0.2, -0.15) is 18.2 Å². The molecule has 0 bridgehead atoms. The predicted octanol–water partition coefficient (Wildman–Crippen LogP) is 4.86. The fraction of sp³-hybridized carbons (Fsp3) is 0.158. The molecule has 0 radical (unpaired) electrons. The molecular formula is C19H17F3N4O. The summed E-state index contributed by atoms with van der Waals surface area (Å²) in [7, 11) is 1.58. The number of hydrogen-bond donors (Lipinski definition) is 2. The lowest BCUT2D eigenvalue weighted by Crippen LogP contribution is -2.10. The van der Waals surface area contributed by atoms with E-state index in [1.165, 1.54) is 30.5 Å². The van der Waals surface area contributed by atoms with Crippen LogP contribution in [0.3, 0.4) is 0 Å². The van der Waals surface area contributed by atoms with E-state index in [0.717, 1.165) is 17.4 Å². The van der Waals surface area contributed by atoms with E-state index in [2.05, 4.69) is 20.6 Å². The van der Waals surface area contributed by atoms with Crippen LogP contribution in [-0.2, 0) is 12.7 Å². The molecule has 0 amide bonds. The molecule has 0 unspecified atom stereocenters. The summed E-state index contributed by atoms with van der Waals surface area (Å²) in [6, 6.07) is 14.2. The number of halogens is 3. The molecular weight excluding hydrogens is 357 g/mol. The number of methoxy groups -OCH3 is 1. The number of anilines is 3. The Hall–Kier alpha value is -3.29. The molecule has 0 spiro atoms. The highest BCUT2D eigenvalue weighted by Crippen LogP contribution is 2.35. The van der Waals surface area contributed by atoms with Gasteiger partial charge in [0.1, 0.15) is 11.6 Å². The predicted molar refractivity (Wildman–Crippen MR) is 97.1 cm³/mol. The van der Waals surface area contributed by atoms with Crippen LogP contribution in [0.15, 0.2) is 60.8 Å². The second-order valence-corrected chi connectivity index (χ2v) is 5.60. The number of ether oxygens (including phenoxy) is 1. The Balaban J connectivity index is 1.75. The molecule has 0 saturated heterocycles. The highest BCUT2D eigenvalue weighted by Gasteiger charge is 2.33. The van der Waals surface area contributed by atoms with Crippen LogP contribution in [0, 0.1) is 0 Å². The van der Waals surface area contributed by atoms with Gasteiger partial charge in [-0.15, -0.1) is 0 Å². The molecule has 3 aromatic rings. The second-order valence-electron chi connectivity index (χ2n) is 5.60. The van der Waals surface area contributed by atoms with Crippen molar-refractivity contribution in [2.24, 2.45) is 0 Å². The quantitative estimate of drug-likeness (QED) is 0.645. The van der Waals surface area contributed by atoms with E-state index in [1.807, 2.05) is 24.3 Å². The van der Waals surface area contributed by atoms with E-state index in [9.17, 15) is 13.2 Å². The number of hydrogen-bond acceptors (Lipinski definition) is 5. The van der Waals surface area contributed by atoms with Crippen LogP contribution in [0.1, 0.15) is 11.1 Å². The average Bonchev–Trinajstić information content (AvgIpc) is 2.66. The van der Waals surface area contributed by atoms with Crippen molar-refractivity contribution in [3.05, 3.63) is 71.9 Å². The molecule has 0 aliphatic heterocycles. The average molecular weight is 374 g/mol. The summed E-state index contributed by atoms with van der Waals surface area (Å²) in [4.78, 5) is 8.32. The highest BCUT2D eigenvalue weighted by molar-refractivity contribution is 5.61. The largest absolute Gasteiger partial charge is 0.496 e. The van der Waals surface area contributed by atoms with Gasteiger partial charge in [0.2, 0.25) is 5.95 Å². The number of nitrogens with zero attached hydrogens (tertiary/aromatic N) is 2. The van der Waals surface area contributed by atoms with Crippen molar-refractivity contribution in [3.63, 3.8) is 0 Å². The minimum absolute atomic E-state index is 0.0700. The van der Waals surface area contributed by atoms with Crippen LogP contribution < -0.4 is 15.4 Å². The lowest BCUT2D eigenvalue weighted by Gasteiger charge is -2.14. The lowest BCUT2D eigenvalue weighted by atomic mass is 10.1. The van der Waals surface area contributed by atoms with Crippen molar-refractivity contribution in [1.82, 2.24) is 9.97 Å². The zero-order valence-electron chi connectivity index (χ0n) is 14.4. The van der Waals surface area contributed by atoms with Crippen LogP contribution in [-0.4, -0.2) is 17.1 Å². The van der Waals surface area contributed by atoms with Crippen molar-refractivity contribution in [1.29, 1.82) is 0 Å². The van der Waals surface area contributed by atoms with Gasteiger partial charge in [-0.25, -0.2) is 4.98 Å². The normalized spacial score (nSPS) is 11.1. The SMILES string of the molecule is COc1ccccc1CNc1nccc(Nc2ccccc2C(F)(F)F)n1. The van der Waals surface area contributed by atoms with Gasteiger partial charge in [0.15, 0.2) is 0 Å². The van der Waals surface area contributed by atoms with Gasteiger partial charge < -0.3 is 15.4 Å². The topological polar surface area (TPSA) is 59.1 Å². The monoisotopic (exact) mass is 374 g/mol. The maximum absolute atomic E-state index is 13.1. The van der Waals surface area contributed by atoms with E-state index in [1.54, 1.807) is 7.11 Å². The first-order valence-electron chi connectivity index (χ1n) is 8.09. The summed E-state index contributed by atoms with van der Waals surface area (Å²) in [6.45, 7) is 0.409. The molecule has 27 heavy (non-hydrogen) atoms. The minimum Gasteiger partial charge on any atom is -0.496 e. The molecule has 5 nitrogen and oxygen atoms in total. The first kappa shape index (κ1) is 18.5. The van der Waals surface area contributed by atoms with Crippen LogP contribution in [0.4, 0.5) is 30.6 Å². The number of benzene rings is 2. The molecule has 0 aliphatic carbocycles. The number of rotatable bonds is 6. The van der Waals surface area contributed by atoms with E-state index >= 15 is 0 Å². The third kappa shape index (κ3) is 4.66. The molecule has 1 heterocycles. The van der Waals surface area contributed by atoms with E-state index in [4.69, 9.17) is 4.74 Å². The van der Waals surface area contributed by atoms with Crippen molar-refractivity contribution in [3.8, 4) is 5.75 Å². The Morgan fingerprint density at radius 2 is 1.74 bits per heavy atom. The number of alkyl halides is 3. The smallest absolute Gasteiger partial charge is 0.418 e. The van der Waals surface area contributed by atoms with E-state index < -0.39 is 11.7 Å². The Morgan fingerprint density at radius 1 is 1.00 bits per heavy atom. The first-order chi connectivity index (χ1) is 13.0. The molecule has 1 aromatic heterocycles. The highest BCUT2D eigenvalue weighted by atomic mass is 19.4. The van der Waals surface area contributed by atoms with Gasteiger partial charge in [0.05, 0.1) is 18.4 Å². The first-order valence-corrected chi connectivity index (χ1v) is 8.09. The third-order valence-electron chi connectivity index (χ3n) is 3.78. The van der Waals surface area contributed by atoms with E-state index in [0.29, 0.717) is 6.54 Å². The van der Waals surface area contributed by atoms with Crippen LogP contribution in [0.2, 0.25) is 0 Å². The molecule has 0 atom stereocenters. The molecule has 140 valence electrons. The Kier molecular flexibility index (Phi) is 5.44. The summed E-state index contributed by atoms with van der Waals surface area (Å²) in [5.41, 5.74) is 0.0795. The summed E-state index contributed by atoms with van der Waals surface area (Å²) in [5, 5.41) is 5.75. The fourth-order valence-electron chi connectivity index (χ4n) is 2.51. The van der Waals surface area contributed by atoms with Gasteiger partial charge in [-0.3, -0.25) is 0 Å². The maximum Gasteiger partial charge on any atom is 0.418 e. The summed E-state index contributed by atoms with van der Waals surface area (Å²) >= 11 is 0. The van der Waals surface area contributed by atoms with Crippen LogP contribution in [0.25, 0.3) is 0 Å².